The van der Waals surface area contributed by atoms with Gasteiger partial charge in [0.25, 0.3) is 0 Å². The molecule has 7 heteroatoms. The van der Waals surface area contributed by atoms with E-state index in [0.29, 0.717) is 6.42 Å². The molecule has 32 heavy (non-hydrogen) atoms. The average molecular weight is 456 g/mol. The molecule has 7 nitrogen and oxygen atoms in total. The minimum Gasteiger partial charge on any atom is -0.481 e. The molecule has 0 spiro atoms. The van der Waals surface area contributed by atoms with Crippen molar-refractivity contribution in [2.45, 2.75) is 135 Å². The summed E-state index contributed by atoms with van der Waals surface area (Å²) in [5.41, 5.74) is 0. The van der Waals surface area contributed by atoms with Crippen molar-refractivity contribution >= 4 is 23.6 Å². The van der Waals surface area contributed by atoms with Crippen molar-refractivity contribution in [3.8, 4) is 0 Å². The van der Waals surface area contributed by atoms with Crippen LogP contribution in [0.2, 0.25) is 0 Å². The van der Waals surface area contributed by atoms with Gasteiger partial charge in [-0.05, 0) is 12.8 Å². The molecule has 1 atom stereocenters. The Balaban J connectivity index is 3.58. The predicted molar refractivity (Wildman–Crippen MR) is 126 cm³/mol. The molecule has 0 fully saturated rings. The van der Waals surface area contributed by atoms with Crippen molar-refractivity contribution in [2.24, 2.45) is 0 Å². The minimum atomic E-state index is -1.30. The Labute approximate surface area is 193 Å². The zero-order chi connectivity index (χ0) is 24.0. The first-order valence-corrected chi connectivity index (χ1v) is 12.6. The summed E-state index contributed by atoms with van der Waals surface area (Å²) >= 11 is 0. The van der Waals surface area contributed by atoms with E-state index in [-0.39, 0.29) is 25.0 Å². The average Bonchev–Trinajstić information content (AvgIpc) is 2.73. The Morgan fingerprint density at radius 2 is 1.09 bits per heavy atom. The summed E-state index contributed by atoms with van der Waals surface area (Å²) in [5, 5.41) is 19.9. The molecule has 0 bridgehead atoms. The van der Waals surface area contributed by atoms with Crippen LogP contribution in [-0.2, 0) is 19.2 Å². The lowest BCUT2D eigenvalue weighted by atomic mass is 10.0. The first-order valence-electron chi connectivity index (χ1n) is 12.6. The molecule has 0 aliphatic carbocycles. The first-order chi connectivity index (χ1) is 15.4. The molecule has 0 aromatic carbocycles. The number of Topliss-reactive ketones (excluding diaryl/α,β-unsaturated/α-hetero) is 1. The highest BCUT2D eigenvalue weighted by molar-refractivity contribution is 5.99. The lowest BCUT2D eigenvalue weighted by Gasteiger charge is -2.13. The molecule has 1 amide bonds. The molecule has 0 rings (SSSR count). The van der Waals surface area contributed by atoms with Crippen molar-refractivity contribution in [2.75, 3.05) is 0 Å². The molecule has 0 aliphatic heterocycles. The van der Waals surface area contributed by atoms with Crippen LogP contribution in [0.5, 0.6) is 0 Å². The fraction of sp³-hybridized carbons (Fsp3) is 0.840. The van der Waals surface area contributed by atoms with E-state index in [4.69, 9.17) is 10.2 Å². The molecule has 0 heterocycles. The molecule has 0 unspecified atom stereocenters. The van der Waals surface area contributed by atoms with E-state index >= 15 is 0 Å². The van der Waals surface area contributed by atoms with Crippen LogP contribution in [0.15, 0.2) is 0 Å². The second-order valence-corrected chi connectivity index (χ2v) is 8.81. The minimum absolute atomic E-state index is 0.205. The largest absolute Gasteiger partial charge is 0.481 e. The van der Waals surface area contributed by atoms with Crippen LogP contribution in [0.3, 0.4) is 0 Å². The van der Waals surface area contributed by atoms with Gasteiger partial charge in [-0.1, -0.05) is 96.8 Å². The van der Waals surface area contributed by atoms with Gasteiger partial charge >= 0.3 is 11.9 Å². The number of carbonyl (C=O) groups is 4. The summed E-state index contributed by atoms with van der Waals surface area (Å²) < 4.78 is 0. The van der Waals surface area contributed by atoms with Crippen LogP contribution in [0.25, 0.3) is 0 Å². The quantitative estimate of drug-likeness (QED) is 0.135. The van der Waals surface area contributed by atoms with Gasteiger partial charge in [0.05, 0.1) is 6.42 Å². The lowest BCUT2D eigenvalue weighted by molar-refractivity contribution is -0.143. The predicted octanol–water partition coefficient (Wildman–Crippen LogP) is 5.64. The zero-order valence-corrected chi connectivity index (χ0v) is 20.0. The zero-order valence-electron chi connectivity index (χ0n) is 20.0. The van der Waals surface area contributed by atoms with Crippen LogP contribution >= 0.6 is 0 Å². The molecule has 0 saturated heterocycles. The molecule has 0 saturated carbocycles. The van der Waals surface area contributed by atoms with E-state index in [9.17, 15) is 19.2 Å². The van der Waals surface area contributed by atoms with Gasteiger partial charge in [0, 0.05) is 12.8 Å². The number of hydrogen-bond acceptors (Lipinski definition) is 4. The summed E-state index contributed by atoms with van der Waals surface area (Å²) in [4.78, 5) is 45.4. The Bertz CT molecular complexity index is 535. The first kappa shape index (κ1) is 30.1. The van der Waals surface area contributed by atoms with Crippen LogP contribution in [-0.4, -0.2) is 39.9 Å². The molecule has 0 aromatic rings. The van der Waals surface area contributed by atoms with Crippen LogP contribution < -0.4 is 5.32 Å². The third-order valence-corrected chi connectivity index (χ3v) is 5.70. The number of carboxylic acid groups (broad SMARTS) is 2. The molecule has 3 N–H and O–H groups in total. The number of carboxylic acids is 2. The van der Waals surface area contributed by atoms with E-state index in [1.165, 1.54) is 77.0 Å². The number of ketones is 1. The fourth-order valence-electron chi connectivity index (χ4n) is 3.73. The highest BCUT2D eigenvalue weighted by Crippen LogP contribution is 2.14. The third kappa shape index (κ3) is 20.0. The number of nitrogens with one attached hydrogen (secondary N) is 1. The van der Waals surface area contributed by atoms with E-state index in [1.807, 2.05) is 0 Å². The number of aliphatic carboxylic acids is 2. The fourth-order valence-corrected chi connectivity index (χ4v) is 3.73. The van der Waals surface area contributed by atoms with Gasteiger partial charge in [-0.3, -0.25) is 14.4 Å². The summed E-state index contributed by atoms with van der Waals surface area (Å²) in [6.07, 6.45) is 18.1. The molecular weight excluding hydrogens is 410 g/mol. The number of unbranched alkanes of at least 4 members (excludes halogenated alkanes) is 14. The van der Waals surface area contributed by atoms with Crippen LogP contribution in [0.4, 0.5) is 0 Å². The summed E-state index contributed by atoms with van der Waals surface area (Å²) in [7, 11) is 0. The highest BCUT2D eigenvalue weighted by Gasteiger charge is 2.21. The maximum absolute atomic E-state index is 11.9. The van der Waals surface area contributed by atoms with Crippen molar-refractivity contribution in [1.29, 1.82) is 0 Å². The van der Waals surface area contributed by atoms with Crippen LogP contribution in [0, 0.1) is 0 Å². The van der Waals surface area contributed by atoms with E-state index in [1.54, 1.807) is 0 Å². The van der Waals surface area contributed by atoms with Crippen molar-refractivity contribution in [3.63, 3.8) is 0 Å². The number of hydrogen-bond donors (Lipinski definition) is 3. The SMILES string of the molecule is CCCCCCCCCCCCCCCCCC(=O)CC(=O)N[C@@H](CCC(=O)O)C(=O)O. The van der Waals surface area contributed by atoms with Gasteiger partial charge in [0.2, 0.25) is 5.91 Å². The van der Waals surface area contributed by atoms with E-state index in [0.717, 1.165) is 19.3 Å². The number of carbonyl (C=O) groups excluding carboxylic acids is 2. The lowest BCUT2D eigenvalue weighted by Crippen LogP contribution is -2.41. The highest BCUT2D eigenvalue weighted by atomic mass is 16.4. The van der Waals surface area contributed by atoms with Crippen molar-refractivity contribution in [3.05, 3.63) is 0 Å². The maximum Gasteiger partial charge on any atom is 0.326 e. The van der Waals surface area contributed by atoms with Gasteiger partial charge < -0.3 is 15.5 Å². The monoisotopic (exact) mass is 455 g/mol. The molecule has 0 aliphatic rings. The summed E-state index contributed by atoms with van der Waals surface area (Å²) in [5.74, 6) is -3.29. The molecule has 0 radical (unpaired) electrons. The van der Waals surface area contributed by atoms with E-state index in [2.05, 4.69) is 12.2 Å². The molecule has 186 valence electrons. The topological polar surface area (TPSA) is 121 Å². The van der Waals surface area contributed by atoms with Gasteiger partial charge in [-0.25, -0.2) is 4.79 Å². The van der Waals surface area contributed by atoms with Gasteiger partial charge in [-0.2, -0.15) is 0 Å². The summed E-state index contributed by atoms with van der Waals surface area (Å²) in [6.45, 7) is 2.25. The molecular formula is C25H45NO6. The molecule has 0 aromatic heterocycles. The van der Waals surface area contributed by atoms with Gasteiger partial charge in [0.15, 0.2) is 0 Å². The Kier molecular flexibility index (Phi) is 19.7. The van der Waals surface area contributed by atoms with E-state index < -0.39 is 23.9 Å². The maximum atomic E-state index is 11.9. The van der Waals surface area contributed by atoms with Gasteiger partial charge in [-0.15, -0.1) is 0 Å². The van der Waals surface area contributed by atoms with Crippen molar-refractivity contribution in [1.82, 2.24) is 5.32 Å². The summed E-state index contributed by atoms with van der Waals surface area (Å²) in [6, 6.07) is -1.28. The second-order valence-electron chi connectivity index (χ2n) is 8.81. The van der Waals surface area contributed by atoms with Crippen molar-refractivity contribution < 1.29 is 29.4 Å². The number of rotatable bonds is 23. The van der Waals surface area contributed by atoms with Gasteiger partial charge in [0.1, 0.15) is 11.8 Å². The third-order valence-electron chi connectivity index (χ3n) is 5.70. The second kappa shape index (κ2) is 21.0. The Hall–Kier alpha value is -1.92. The number of amides is 1. The Morgan fingerprint density at radius 1 is 0.656 bits per heavy atom. The standard InChI is InChI=1S/C25H45NO6/c1-2-3-4-5-6-7-8-9-10-11-12-13-14-15-16-17-21(27)20-23(28)26-22(25(31)32)18-19-24(29)30/h22H,2-20H2,1H3,(H,26,28)(H,29,30)(H,31,32)/t22-/m0/s1. The smallest absolute Gasteiger partial charge is 0.326 e. The normalized spacial score (nSPS) is 11.8. The Morgan fingerprint density at radius 3 is 1.50 bits per heavy atom. The van der Waals surface area contributed by atoms with Crippen LogP contribution in [0.1, 0.15) is 129 Å².